The highest BCUT2D eigenvalue weighted by Crippen LogP contribution is 2.19. The molecule has 4 heteroatoms. The lowest BCUT2D eigenvalue weighted by Gasteiger charge is -2.24. The van der Waals surface area contributed by atoms with Crippen LogP contribution in [0.5, 0.6) is 0 Å². The summed E-state index contributed by atoms with van der Waals surface area (Å²) in [4.78, 5) is 2.18. The van der Waals surface area contributed by atoms with Crippen LogP contribution in [0.3, 0.4) is 0 Å². The zero-order valence-electron chi connectivity index (χ0n) is 12.4. The Kier molecular flexibility index (Phi) is 6.15. The summed E-state index contributed by atoms with van der Waals surface area (Å²) < 4.78 is 0. The van der Waals surface area contributed by atoms with Gasteiger partial charge in [-0.15, -0.1) is 0 Å². The number of nitrogens with one attached hydrogen (secondary N) is 2. The van der Waals surface area contributed by atoms with Crippen LogP contribution >= 0.6 is 0 Å². The first kappa shape index (κ1) is 15.1. The Labute approximate surface area is 122 Å². The SMILES string of the molecule is CCN(CCO)c1ccc(NCC2CCNCC2)cc1. The predicted molar refractivity (Wildman–Crippen MR) is 85.5 cm³/mol. The number of piperidine rings is 1. The molecular formula is C16H27N3O. The van der Waals surface area contributed by atoms with E-state index >= 15 is 0 Å². The fourth-order valence-corrected chi connectivity index (χ4v) is 2.73. The van der Waals surface area contributed by atoms with Gasteiger partial charge < -0.3 is 20.6 Å². The number of aliphatic hydroxyl groups excluding tert-OH is 1. The summed E-state index contributed by atoms with van der Waals surface area (Å²) >= 11 is 0. The van der Waals surface area contributed by atoms with Crippen LogP contribution in [-0.4, -0.2) is 44.4 Å². The zero-order chi connectivity index (χ0) is 14.2. The Balaban J connectivity index is 1.84. The van der Waals surface area contributed by atoms with Gasteiger partial charge in [0.25, 0.3) is 0 Å². The standard InChI is InChI=1S/C16H27N3O/c1-2-19(11-12-20)16-5-3-15(4-6-16)18-13-14-7-9-17-10-8-14/h3-6,14,17-18,20H,2,7-13H2,1H3. The molecule has 1 aliphatic rings. The van der Waals surface area contributed by atoms with Gasteiger partial charge in [0.05, 0.1) is 6.61 Å². The molecule has 20 heavy (non-hydrogen) atoms. The van der Waals surface area contributed by atoms with E-state index in [1.165, 1.54) is 24.2 Å². The summed E-state index contributed by atoms with van der Waals surface area (Å²) in [6.45, 7) is 7.29. The van der Waals surface area contributed by atoms with Crippen LogP contribution in [0.25, 0.3) is 0 Å². The topological polar surface area (TPSA) is 47.5 Å². The van der Waals surface area contributed by atoms with Gasteiger partial charge in [0.15, 0.2) is 0 Å². The van der Waals surface area contributed by atoms with E-state index in [-0.39, 0.29) is 6.61 Å². The molecule has 0 spiro atoms. The second kappa shape index (κ2) is 8.12. The molecule has 0 radical (unpaired) electrons. The Morgan fingerprint density at radius 2 is 1.95 bits per heavy atom. The van der Waals surface area contributed by atoms with Gasteiger partial charge in [0.2, 0.25) is 0 Å². The highest BCUT2D eigenvalue weighted by molar-refractivity contribution is 5.55. The maximum Gasteiger partial charge on any atom is 0.0606 e. The average Bonchev–Trinajstić information content (AvgIpc) is 2.52. The Hall–Kier alpha value is -1.26. The van der Waals surface area contributed by atoms with Gasteiger partial charge in [0.1, 0.15) is 0 Å². The summed E-state index contributed by atoms with van der Waals surface area (Å²) in [7, 11) is 0. The number of nitrogens with zero attached hydrogens (tertiary/aromatic N) is 1. The van der Waals surface area contributed by atoms with Crippen LogP contribution in [0.4, 0.5) is 11.4 Å². The minimum absolute atomic E-state index is 0.198. The van der Waals surface area contributed by atoms with Crippen LogP contribution in [-0.2, 0) is 0 Å². The highest BCUT2D eigenvalue weighted by atomic mass is 16.3. The highest BCUT2D eigenvalue weighted by Gasteiger charge is 2.12. The van der Waals surface area contributed by atoms with Crippen molar-refractivity contribution in [2.45, 2.75) is 19.8 Å². The maximum absolute atomic E-state index is 9.05. The van der Waals surface area contributed by atoms with Crippen molar-refractivity contribution in [1.82, 2.24) is 5.32 Å². The molecule has 1 heterocycles. The Morgan fingerprint density at radius 3 is 2.55 bits per heavy atom. The van der Waals surface area contributed by atoms with E-state index in [1.807, 2.05) is 0 Å². The van der Waals surface area contributed by atoms with E-state index in [0.717, 1.165) is 32.1 Å². The first-order valence-electron chi connectivity index (χ1n) is 7.74. The summed E-state index contributed by atoms with van der Waals surface area (Å²) in [5.74, 6) is 0.789. The number of benzene rings is 1. The molecule has 0 aliphatic carbocycles. The lowest BCUT2D eigenvalue weighted by Crippen LogP contribution is -2.31. The number of likely N-dealkylation sites (N-methyl/N-ethyl adjacent to an activating group) is 1. The monoisotopic (exact) mass is 277 g/mol. The quantitative estimate of drug-likeness (QED) is 0.712. The first-order chi connectivity index (χ1) is 9.83. The van der Waals surface area contributed by atoms with E-state index in [2.05, 4.69) is 46.7 Å². The molecule has 1 aromatic carbocycles. The van der Waals surface area contributed by atoms with E-state index in [4.69, 9.17) is 5.11 Å². The van der Waals surface area contributed by atoms with Crippen LogP contribution in [0, 0.1) is 5.92 Å². The largest absolute Gasteiger partial charge is 0.395 e. The van der Waals surface area contributed by atoms with E-state index in [1.54, 1.807) is 0 Å². The minimum atomic E-state index is 0.198. The number of aliphatic hydroxyl groups is 1. The van der Waals surface area contributed by atoms with Crippen molar-refractivity contribution < 1.29 is 5.11 Å². The van der Waals surface area contributed by atoms with E-state index < -0.39 is 0 Å². The zero-order valence-corrected chi connectivity index (χ0v) is 12.4. The third-order valence-electron chi connectivity index (χ3n) is 4.04. The molecule has 1 saturated heterocycles. The lowest BCUT2D eigenvalue weighted by molar-refractivity contribution is 0.302. The summed E-state index contributed by atoms with van der Waals surface area (Å²) in [6, 6.07) is 8.53. The van der Waals surface area contributed by atoms with Gasteiger partial charge in [-0.1, -0.05) is 0 Å². The molecular weight excluding hydrogens is 250 g/mol. The molecule has 0 unspecified atom stereocenters. The van der Waals surface area contributed by atoms with Crippen molar-refractivity contribution in [2.75, 3.05) is 49.5 Å². The molecule has 0 atom stereocenters. The van der Waals surface area contributed by atoms with Crippen molar-refractivity contribution in [3.8, 4) is 0 Å². The number of hydrogen-bond donors (Lipinski definition) is 3. The maximum atomic E-state index is 9.05. The molecule has 3 N–H and O–H groups in total. The molecule has 1 aromatic rings. The third-order valence-corrected chi connectivity index (χ3v) is 4.04. The van der Waals surface area contributed by atoms with Gasteiger partial charge in [-0.3, -0.25) is 0 Å². The number of hydrogen-bond acceptors (Lipinski definition) is 4. The third kappa shape index (κ3) is 4.39. The van der Waals surface area contributed by atoms with Gasteiger partial charge in [-0.2, -0.15) is 0 Å². The lowest BCUT2D eigenvalue weighted by atomic mass is 9.98. The second-order valence-electron chi connectivity index (χ2n) is 5.42. The van der Waals surface area contributed by atoms with Gasteiger partial charge in [-0.25, -0.2) is 0 Å². The fraction of sp³-hybridized carbons (Fsp3) is 0.625. The van der Waals surface area contributed by atoms with Gasteiger partial charge >= 0.3 is 0 Å². The van der Waals surface area contributed by atoms with Crippen LogP contribution in [0.15, 0.2) is 24.3 Å². The molecule has 1 fully saturated rings. The van der Waals surface area contributed by atoms with Gasteiger partial charge in [-0.05, 0) is 63.0 Å². The van der Waals surface area contributed by atoms with Crippen LogP contribution in [0.2, 0.25) is 0 Å². The van der Waals surface area contributed by atoms with Crippen LogP contribution < -0.4 is 15.5 Å². The van der Waals surface area contributed by atoms with E-state index in [9.17, 15) is 0 Å². The number of rotatable bonds is 7. The molecule has 112 valence electrons. The second-order valence-corrected chi connectivity index (χ2v) is 5.42. The van der Waals surface area contributed by atoms with Crippen LogP contribution in [0.1, 0.15) is 19.8 Å². The normalized spacial score (nSPS) is 16.1. The Bertz CT molecular complexity index is 374. The summed E-state index contributed by atoms with van der Waals surface area (Å²) in [6.07, 6.45) is 2.54. The molecule has 0 aromatic heterocycles. The van der Waals surface area contributed by atoms with Crippen molar-refractivity contribution in [2.24, 2.45) is 5.92 Å². The average molecular weight is 277 g/mol. The van der Waals surface area contributed by atoms with Crippen molar-refractivity contribution in [1.29, 1.82) is 0 Å². The summed E-state index contributed by atoms with van der Waals surface area (Å²) in [5.41, 5.74) is 2.36. The van der Waals surface area contributed by atoms with Gasteiger partial charge in [0, 0.05) is 31.0 Å². The van der Waals surface area contributed by atoms with Crippen molar-refractivity contribution in [3.05, 3.63) is 24.3 Å². The molecule has 2 rings (SSSR count). The first-order valence-corrected chi connectivity index (χ1v) is 7.74. The van der Waals surface area contributed by atoms with Crippen molar-refractivity contribution in [3.63, 3.8) is 0 Å². The minimum Gasteiger partial charge on any atom is -0.395 e. The fourth-order valence-electron chi connectivity index (χ4n) is 2.73. The molecule has 0 bridgehead atoms. The van der Waals surface area contributed by atoms with Crippen molar-refractivity contribution >= 4 is 11.4 Å². The molecule has 1 aliphatic heterocycles. The smallest absolute Gasteiger partial charge is 0.0606 e. The molecule has 0 saturated carbocycles. The number of anilines is 2. The summed E-state index contributed by atoms with van der Waals surface area (Å²) in [5, 5.41) is 16.0. The van der Waals surface area contributed by atoms with E-state index in [0.29, 0.717) is 6.54 Å². The molecule has 0 amide bonds. The Morgan fingerprint density at radius 1 is 1.25 bits per heavy atom. The molecule has 4 nitrogen and oxygen atoms in total. The predicted octanol–water partition coefficient (Wildman–Crippen LogP) is 1.92.